The molecule has 0 aliphatic rings. The Kier molecular flexibility index (Phi) is 13.8. The summed E-state index contributed by atoms with van der Waals surface area (Å²) >= 11 is 0. The van der Waals surface area contributed by atoms with Crippen molar-refractivity contribution in [2.24, 2.45) is 4.99 Å². The quantitative estimate of drug-likeness (QED) is 0.205. The molecule has 0 heterocycles. The summed E-state index contributed by atoms with van der Waals surface area (Å²) in [6.45, 7) is 9.10. The highest BCUT2D eigenvalue weighted by atomic mass is 127. The van der Waals surface area contributed by atoms with E-state index < -0.39 is 6.10 Å². The van der Waals surface area contributed by atoms with E-state index in [2.05, 4.69) is 20.5 Å². The van der Waals surface area contributed by atoms with Gasteiger partial charge in [0.15, 0.2) is 5.96 Å². The standard InChI is InChI=1S/C25H38N4O3.HI/c1-6-26-25(27-17-20-8-7-9-23(16-20)31-15-14-29(4)5)28-18-24(30)21-10-12-22(13-11-21)32-19(2)3;/h7-13,16,19,24,30H,6,14-15,17-18H2,1-5H3,(H2,26,27,28);1H. The first-order valence-corrected chi connectivity index (χ1v) is 11.2. The summed E-state index contributed by atoms with van der Waals surface area (Å²) in [4.78, 5) is 6.73. The normalized spacial score (nSPS) is 12.3. The molecular weight excluding hydrogens is 531 g/mol. The number of aliphatic hydroxyl groups is 1. The molecule has 3 N–H and O–H groups in total. The highest BCUT2D eigenvalue weighted by molar-refractivity contribution is 14.0. The SMILES string of the molecule is CCNC(=NCc1cccc(OCCN(C)C)c1)NCC(O)c1ccc(OC(C)C)cc1.I. The molecule has 2 aromatic carbocycles. The van der Waals surface area contributed by atoms with Gasteiger partial charge in [-0.3, -0.25) is 0 Å². The zero-order chi connectivity index (χ0) is 23.3. The third-order valence-electron chi connectivity index (χ3n) is 4.57. The lowest BCUT2D eigenvalue weighted by molar-refractivity contribution is 0.180. The van der Waals surface area contributed by atoms with Crippen molar-refractivity contribution in [1.29, 1.82) is 0 Å². The lowest BCUT2D eigenvalue weighted by atomic mass is 10.1. The van der Waals surface area contributed by atoms with Crippen LogP contribution in [0.4, 0.5) is 0 Å². The lowest BCUT2D eigenvalue weighted by Crippen LogP contribution is -2.39. The Morgan fingerprint density at radius 2 is 1.79 bits per heavy atom. The second-order valence-electron chi connectivity index (χ2n) is 8.13. The molecule has 0 saturated carbocycles. The number of benzene rings is 2. The van der Waals surface area contributed by atoms with E-state index in [-0.39, 0.29) is 30.1 Å². The van der Waals surface area contributed by atoms with Crippen molar-refractivity contribution in [2.45, 2.75) is 39.5 Å². The summed E-state index contributed by atoms with van der Waals surface area (Å²) in [5.74, 6) is 2.30. The average Bonchev–Trinajstić information content (AvgIpc) is 2.75. The van der Waals surface area contributed by atoms with Crippen molar-refractivity contribution in [2.75, 3.05) is 40.3 Å². The molecule has 0 aliphatic carbocycles. The van der Waals surface area contributed by atoms with Gasteiger partial charge in [-0.15, -0.1) is 24.0 Å². The molecule has 1 unspecified atom stereocenters. The Hall–Kier alpha value is -2.04. The summed E-state index contributed by atoms with van der Waals surface area (Å²) in [6.07, 6.45) is -0.531. The predicted octanol–water partition coefficient (Wildman–Crippen LogP) is 3.82. The molecule has 0 bridgehead atoms. The van der Waals surface area contributed by atoms with Crippen LogP contribution in [0.2, 0.25) is 0 Å². The van der Waals surface area contributed by atoms with E-state index in [0.29, 0.717) is 25.7 Å². The zero-order valence-electron chi connectivity index (χ0n) is 20.4. The minimum Gasteiger partial charge on any atom is -0.492 e. The highest BCUT2D eigenvalue weighted by Crippen LogP contribution is 2.18. The number of ether oxygens (including phenoxy) is 2. The largest absolute Gasteiger partial charge is 0.492 e. The van der Waals surface area contributed by atoms with Crippen molar-refractivity contribution >= 4 is 29.9 Å². The second-order valence-corrected chi connectivity index (χ2v) is 8.13. The van der Waals surface area contributed by atoms with Crippen LogP contribution < -0.4 is 20.1 Å². The Morgan fingerprint density at radius 3 is 2.42 bits per heavy atom. The molecule has 0 amide bonds. The van der Waals surface area contributed by atoms with Crippen LogP contribution in [0.3, 0.4) is 0 Å². The van der Waals surface area contributed by atoms with Gasteiger partial charge in [0.1, 0.15) is 18.1 Å². The summed E-state index contributed by atoms with van der Waals surface area (Å²) < 4.78 is 11.5. The molecule has 0 aromatic heterocycles. The van der Waals surface area contributed by atoms with E-state index in [1.54, 1.807) is 0 Å². The fourth-order valence-electron chi connectivity index (χ4n) is 2.94. The van der Waals surface area contributed by atoms with Gasteiger partial charge >= 0.3 is 0 Å². The van der Waals surface area contributed by atoms with E-state index in [1.807, 2.05) is 83.4 Å². The van der Waals surface area contributed by atoms with E-state index in [9.17, 15) is 5.11 Å². The van der Waals surface area contributed by atoms with Crippen LogP contribution in [0.15, 0.2) is 53.5 Å². The van der Waals surface area contributed by atoms with Gasteiger partial charge in [-0.1, -0.05) is 24.3 Å². The minimum absolute atomic E-state index is 0. The van der Waals surface area contributed by atoms with Crippen molar-refractivity contribution in [3.63, 3.8) is 0 Å². The number of hydrogen-bond donors (Lipinski definition) is 3. The molecule has 7 nitrogen and oxygen atoms in total. The maximum atomic E-state index is 10.5. The van der Waals surface area contributed by atoms with Gasteiger partial charge < -0.3 is 30.1 Å². The number of halogens is 1. The summed E-state index contributed by atoms with van der Waals surface area (Å²) in [7, 11) is 4.05. The Balaban J connectivity index is 0.00000544. The van der Waals surface area contributed by atoms with Gasteiger partial charge in [0, 0.05) is 19.6 Å². The van der Waals surface area contributed by atoms with Crippen molar-refractivity contribution < 1.29 is 14.6 Å². The fraction of sp³-hybridized carbons (Fsp3) is 0.480. The molecule has 1 atom stereocenters. The zero-order valence-corrected chi connectivity index (χ0v) is 22.7. The number of nitrogens with zero attached hydrogens (tertiary/aromatic N) is 2. The molecule has 8 heteroatoms. The number of hydrogen-bond acceptors (Lipinski definition) is 5. The Morgan fingerprint density at radius 1 is 1.06 bits per heavy atom. The maximum Gasteiger partial charge on any atom is 0.191 e. The van der Waals surface area contributed by atoms with E-state index in [4.69, 9.17) is 9.47 Å². The van der Waals surface area contributed by atoms with Gasteiger partial charge in [0.25, 0.3) is 0 Å². The molecule has 0 fully saturated rings. The number of aliphatic imine (C=N–C) groups is 1. The van der Waals surface area contributed by atoms with Crippen LogP contribution in [0.5, 0.6) is 11.5 Å². The Labute approximate surface area is 215 Å². The van der Waals surface area contributed by atoms with Crippen LogP contribution in [0.25, 0.3) is 0 Å². The number of rotatable bonds is 12. The lowest BCUT2D eigenvalue weighted by Gasteiger charge is -2.16. The van der Waals surface area contributed by atoms with E-state index >= 15 is 0 Å². The van der Waals surface area contributed by atoms with Gasteiger partial charge in [0.05, 0.1) is 18.8 Å². The molecular formula is C25H39IN4O3. The third kappa shape index (κ3) is 11.6. The van der Waals surface area contributed by atoms with Crippen LogP contribution in [0.1, 0.15) is 38.0 Å². The topological polar surface area (TPSA) is 78.4 Å². The van der Waals surface area contributed by atoms with Crippen molar-refractivity contribution in [3.8, 4) is 11.5 Å². The Bertz CT molecular complexity index is 829. The predicted molar refractivity (Wildman–Crippen MR) is 146 cm³/mol. The molecule has 0 aliphatic heterocycles. The third-order valence-corrected chi connectivity index (χ3v) is 4.57. The monoisotopic (exact) mass is 570 g/mol. The molecule has 0 spiro atoms. The average molecular weight is 571 g/mol. The second kappa shape index (κ2) is 15.7. The molecule has 2 aromatic rings. The summed E-state index contributed by atoms with van der Waals surface area (Å²) in [6, 6.07) is 15.5. The van der Waals surface area contributed by atoms with Gasteiger partial charge in [0.2, 0.25) is 0 Å². The van der Waals surface area contributed by atoms with E-state index in [0.717, 1.165) is 35.7 Å². The summed E-state index contributed by atoms with van der Waals surface area (Å²) in [5, 5.41) is 17.0. The smallest absolute Gasteiger partial charge is 0.191 e. The van der Waals surface area contributed by atoms with Crippen LogP contribution in [0, 0.1) is 0 Å². The number of nitrogens with one attached hydrogen (secondary N) is 2. The first-order chi connectivity index (χ1) is 15.4. The highest BCUT2D eigenvalue weighted by Gasteiger charge is 2.09. The van der Waals surface area contributed by atoms with Gasteiger partial charge in [-0.2, -0.15) is 0 Å². The van der Waals surface area contributed by atoms with Crippen LogP contribution in [-0.2, 0) is 6.54 Å². The fourth-order valence-corrected chi connectivity index (χ4v) is 2.94. The van der Waals surface area contributed by atoms with Crippen molar-refractivity contribution in [3.05, 3.63) is 59.7 Å². The van der Waals surface area contributed by atoms with Crippen LogP contribution in [-0.4, -0.2) is 62.4 Å². The first-order valence-electron chi connectivity index (χ1n) is 11.2. The van der Waals surface area contributed by atoms with Gasteiger partial charge in [-0.05, 0) is 70.3 Å². The maximum absolute atomic E-state index is 10.5. The van der Waals surface area contributed by atoms with Gasteiger partial charge in [-0.25, -0.2) is 4.99 Å². The molecule has 0 saturated heterocycles. The molecule has 33 heavy (non-hydrogen) atoms. The minimum atomic E-state index is -0.652. The van der Waals surface area contributed by atoms with E-state index in [1.165, 1.54) is 0 Å². The molecule has 184 valence electrons. The first kappa shape index (κ1) is 29.0. The number of guanidine groups is 1. The number of aliphatic hydroxyl groups excluding tert-OH is 1. The van der Waals surface area contributed by atoms with Crippen molar-refractivity contribution in [1.82, 2.24) is 15.5 Å². The summed E-state index contributed by atoms with van der Waals surface area (Å²) in [5.41, 5.74) is 1.89. The molecule has 2 rings (SSSR count). The van der Waals surface area contributed by atoms with Crippen LogP contribution >= 0.6 is 24.0 Å². The number of likely N-dealkylation sites (N-methyl/N-ethyl adjacent to an activating group) is 1. The molecule has 0 radical (unpaired) electrons.